The van der Waals surface area contributed by atoms with Crippen LogP contribution < -0.4 is 11.1 Å². The van der Waals surface area contributed by atoms with Crippen molar-refractivity contribution >= 4 is 27.5 Å². The summed E-state index contributed by atoms with van der Waals surface area (Å²) in [6.07, 6.45) is 5.48. The first kappa shape index (κ1) is 14.5. The molecular formula is C14H18BrFN2O. The van der Waals surface area contributed by atoms with E-state index in [2.05, 4.69) is 21.2 Å². The van der Waals surface area contributed by atoms with Gasteiger partial charge in [-0.3, -0.25) is 4.79 Å². The maximum atomic E-state index is 13.0. The van der Waals surface area contributed by atoms with Gasteiger partial charge in [-0.1, -0.05) is 19.3 Å². The number of carbonyl (C=O) groups is 1. The van der Waals surface area contributed by atoms with Gasteiger partial charge in [0.1, 0.15) is 5.82 Å². The van der Waals surface area contributed by atoms with Crippen LogP contribution in [0.4, 0.5) is 10.1 Å². The van der Waals surface area contributed by atoms with Crippen LogP contribution in [-0.2, 0) is 4.79 Å². The summed E-state index contributed by atoms with van der Waals surface area (Å²) < 4.78 is 13.5. The second kappa shape index (κ2) is 6.01. The molecule has 0 bridgehead atoms. The van der Waals surface area contributed by atoms with Crippen molar-refractivity contribution in [2.45, 2.75) is 44.1 Å². The van der Waals surface area contributed by atoms with E-state index in [1.54, 1.807) is 6.07 Å². The molecule has 5 heteroatoms. The van der Waals surface area contributed by atoms with Crippen molar-refractivity contribution in [2.24, 2.45) is 5.73 Å². The monoisotopic (exact) mass is 328 g/mol. The summed E-state index contributed by atoms with van der Waals surface area (Å²) in [6, 6.07) is 4.19. The number of rotatable bonds is 3. The number of amides is 1. The van der Waals surface area contributed by atoms with E-state index in [0.717, 1.165) is 25.7 Å². The van der Waals surface area contributed by atoms with E-state index >= 15 is 0 Å². The Morgan fingerprint density at radius 1 is 1.37 bits per heavy atom. The molecule has 0 heterocycles. The minimum absolute atomic E-state index is 0.114. The van der Waals surface area contributed by atoms with Crippen LogP contribution in [-0.4, -0.2) is 11.4 Å². The molecule has 3 nitrogen and oxygen atoms in total. The fourth-order valence-corrected chi connectivity index (χ4v) is 2.99. The highest BCUT2D eigenvalue weighted by Crippen LogP contribution is 2.29. The average molecular weight is 329 g/mol. The van der Waals surface area contributed by atoms with Gasteiger partial charge in [-0.15, -0.1) is 0 Å². The van der Waals surface area contributed by atoms with Crippen molar-refractivity contribution in [3.8, 4) is 0 Å². The molecule has 0 spiro atoms. The summed E-state index contributed by atoms with van der Waals surface area (Å²) in [5.41, 5.74) is 6.44. The highest BCUT2D eigenvalue weighted by molar-refractivity contribution is 9.10. The van der Waals surface area contributed by atoms with Gasteiger partial charge in [-0.05, 0) is 47.0 Å². The summed E-state index contributed by atoms with van der Waals surface area (Å²) in [7, 11) is 0. The summed E-state index contributed by atoms with van der Waals surface area (Å²) in [6.45, 7) is 0. The number of carbonyl (C=O) groups excluding carboxylic acids is 1. The van der Waals surface area contributed by atoms with Gasteiger partial charge in [0, 0.05) is 16.4 Å². The number of halogens is 2. The molecule has 0 aromatic heterocycles. The molecule has 0 radical (unpaired) electrons. The lowest BCUT2D eigenvalue weighted by molar-refractivity contribution is -0.117. The molecule has 0 atom stereocenters. The lowest BCUT2D eigenvalue weighted by Crippen LogP contribution is -2.44. The van der Waals surface area contributed by atoms with Crippen LogP contribution in [0.15, 0.2) is 22.7 Å². The van der Waals surface area contributed by atoms with E-state index in [0.29, 0.717) is 16.6 Å². The van der Waals surface area contributed by atoms with Gasteiger partial charge in [0.25, 0.3) is 0 Å². The maximum Gasteiger partial charge on any atom is 0.226 e. The Kier molecular flexibility index (Phi) is 4.58. The average Bonchev–Trinajstić information content (AvgIpc) is 2.33. The second-order valence-corrected chi connectivity index (χ2v) is 6.13. The van der Waals surface area contributed by atoms with Crippen LogP contribution in [0.1, 0.15) is 38.5 Å². The molecule has 0 aliphatic heterocycles. The first-order valence-electron chi connectivity index (χ1n) is 6.52. The van der Waals surface area contributed by atoms with Crippen LogP contribution in [0.25, 0.3) is 0 Å². The predicted octanol–water partition coefficient (Wildman–Crippen LogP) is 3.58. The highest BCUT2D eigenvalue weighted by atomic mass is 79.9. The topological polar surface area (TPSA) is 55.1 Å². The minimum atomic E-state index is -0.380. The van der Waals surface area contributed by atoms with Crippen molar-refractivity contribution in [1.29, 1.82) is 0 Å². The first-order valence-corrected chi connectivity index (χ1v) is 7.32. The molecule has 3 N–H and O–H groups in total. The zero-order chi connectivity index (χ0) is 13.9. The Balaban J connectivity index is 1.97. The number of anilines is 1. The molecule has 0 saturated heterocycles. The fraction of sp³-hybridized carbons (Fsp3) is 0.500. The van der Waals surface area contributed by atoms with E-state index in [1.165, 1.54) is 18.6 Å². The zero-order valence-corrected chi connectivity index (χ0v) is 12.3. The molecule has 1 fully saturated rings. The van der Waals surface area contributed by atoms with E-state index in [1.807, 2.05) is 0 Å². The number of hydrogen-bond donors (Lipinski definition) is 2. The Hall–Kier alpha value is -0.940. The Morgan fingerprint density at radius 2 is 2.05 bits per heavy atom. The van der Waals surface area contributed by atoms with Crippen LogP contribution >= 0.6 is 15.9 Å². The maximum absolute atomic E-state index is 13.0. The quantitative estimate of drug-likeness (QED) is 0.891. The van der Waals surface area contributed by atoms with Crippen LogP contribution in [0.3, 0.4) is 0 Å². The molecule has 1 aromatic rings. The third kappa shape index (κ3) is 4.01. The smallest absolute Gasteiger partial charge is 0.226 e. The molecule has 19 heavy (non-hydrogen) atoms. The van der Waals surface area contributed by atoms with Gasteiger partial charge in [0.05, 0.1) is 5.69 Å². The van der Waals surface area contributed by atoms with E-state index < -0.39 is 0 Å². The molecule has 1 amide bonds. The van der Waals surface area contributed by atoms with Crippen LogP contribution in [0.5, 0.6) is 0 Å². The SMILES string of the molecule is NC1(CC(=O)Nc2ccc(F)cc2Br)CCCCC1. The molecule has 2 rings (SSSR count). The summed E-state index contributed by atoms with van der Waals surface area (Å²) in [4.78, 5) is 12.0. The Labute approximate surface area is 120 Å². The van der Waals surface area contributed by atoms with E-state index in [-0.39, 0.29) is 17.3 Å². The van der Waals surface area contributed by atoms with Gasteiger partial charge in [-0.2, -0.15) is 0 Å². The Bertz CT molecular complexity index is 473. The van der Waals surface area contributed by atoms with Gasteiger partial charge >= 0.3 is 0 Å². The number of hydrogen-bond acceptors (Lipinski definition) is 2. The molecule has 1 aliphatic carbocycles. The molecular weight excluding hydrogens is 311 g/mol. The summed E-state index contributed by atoms with van der Waals surface area (Å²) >= 11 is 3.23. The van der Waals surface area contributed by atoms with Crippen molar-refractivity contribution in [3.63, 3.8) is 0 Å². The largest absolute Gasteiger partial charge is 0.325 e. The second-order valence-electron chi connectivity index (χ2n) is 5.27. The molecule has 1 aliphatic rings. The van der Waals surface area contributed by atoms with Gasteiger partial charge in [0.15, 0.2) is 0 Å². The van der Waals surface area contributed by atoms with E-state index in [9.17, 15) is 9.18 Å². The fourth-order valence-electron chi connectivity index (χ4n) is 2.54. The van der Waals surface area contributed by atoms with Crippen molar-refractivity contribution in [3.05, 3.63) is 28.5 Å². The van der Waals surface area contributed by atoms with Crippen molar-refractivity contribution < 1.29 is 9.18 Å². The standard InChI is InChI=1S/C14H18BrFN2O/c15-11-8-10(16)4-5-12(11)18-13(19)9-14(17)6-2-1-3-7-14/h4-5,8H,1-3,6-7,9,17H2,(H,18,19). The Morgan fingerprint density at radius 3 is 2.68 bits per heavy atom. The van der Waals surface area contributed by atoms with Crippen LogP contribution in [0.2, 0.25) is 0 Å². The van der Waals surface area contributed by atoms with Gasteiger partial charge in [0.2, 0.25) is 5.91 Å². The lowest BCUT2D eigenvalue weighted by atomic mass is 9.80. The number of nitrogens with two attached hydrogens (primary N) is 1. The predicted molar refractivity (Wildman–Crippen MR) is 77.4 cm³/mol. The molecule has 0 unspecified atom stereocenters. The normalized spacial score (nSPS) is 18.1. The minimum Gasteiger partial charge on any atom is -0.325 e. The molecule has 1 aromatic carbocycles. The van der Waals surface area contributed by atoms with Gasteiger partial charge in [-0.25, -0.2) is 4.39 Å². The van der Waals surface area contributed by atoms with Crippen LogP contribution in [0, 0.1) is 5.82 Å². The van der Waals surface area contributed by atoms with Crippen molar-refractivity contribution in [2.75, 3.05) is 5.32 Å². The van der Waals surface area contributed by atoms with Gasteiger partial charge < -0.3 is 11.1 Å². The third-order valence-electron chi connectivity index (χ3n) is 3.57. The first-order chi connectivity index (χ1) is 8.98. The molecule has 104 valence electrons. The highest BCUT2D eigenvalue weighted by Gasteiger charge is 2.30. The van der Waals surface area contributed by atoms with Crippen molar-refractivity contribution in [1.82, 2.24) is 0 Å². The lowest BCUT2D eigenvalue weighted by Gasteiger charge is -2.32. The summed E-state index contributed by atoms with van der Waals surface area (Å²) in [5.74, 6) is -0.454. The number of nitrogens with one attached hydrogen (secondary N) is 1. The molecule has 1 saturated carbocycles. The third-order valence-corrected chi connectivity index (χ3v) is 4.22. The number of benzene rings is 1. The van der Waals surface area contributed by atoms with E-state index in [4.69, 9.17) is 5.73 Å². The summed E-state index contributed by atoms with van der Waals surface area (Å²) in [5, 5.41) is 2.78. The zero-order valence-electron chi connectivity index (χ0n) is 10.7.